The second kappa shape index (κ2) is 23.6. The van der Waals surface area contributed by atoms with E-state index in [1.165, 1.54) is 26.2 Å². The van der Waals surface area contributed by atoms with Crippen LogP contribution in [0.1, 0.15) is 141 Å². The lowest BCUT2D eigenvalue weighted by Gasteiger charge is -2.47. The topological polar surface area (TPSA) is 196 Å². The van der Waals surface area contributed by atoms with Crippen molar-refractivity contribution in [1.29, 1.82) is 0 Å². The van der Waals surface area contributed by atoms with Crippen LogP contribution in [0.3, 0.4) is 0 Å². The number of methoxy groups -OCH3 is 1. The second-order valence-electron chi connectivity index (χ2n) is 23.6. The Kier molecular flexibility index (Phi) is 15.7. The van der Waals surface area contributed by atoms with E-state index in [2.05, 4.69) is 93.0 Å². The molecule has 430 valence electrons. The maximum absolute atomic E-state index is 15.3. The molecule has 12 rings (SSSR count). The Morgan fingerprint density at radius 3 is 2.49 bits per heavy atom. The lowest BCUT2D eigenvalue weighted by atomic mass is 9.57. The summed E-state index contributed by atoms with van der Waals surface area (Å²) in [7, 11) is 1.48. The van der Waals surface area contributed by atoms with Crippen LogP contribution in [0.15, 0.2) is 151 Å². The van der Waals surface area contributed by atoms with E-state index in [4.69, 9.17) is 14.2 Å². The zero-order valence-electron chi connectivity index (χ0n) is 47.3. The summed E-state index contributed by atoms with van der Waals surface area (Å²) in [5, 5.41) is 50.7. The standard InChI is InChI=1S/C69H74N4O10/c1-42(74)82-53-24-28-69-27-7-6-14-48(69)15-9-19-58(69)56-40-70-39-47(56)32-55(44-13-8-16-49(75)31-44)45-25-29-71-66(35-45)72(30-26-62(78)43-11-4-3-5-12-43)59-21-20-54-63(79)23-22-60-67(54)57(59)41-73(60)61(38-51(77)37-53)46-33-64(80)68(65(34-46)81-2)83-52-18-10-17-50(76)36-52/h6-10,13-14,16-21,25,27,31,33-36,39-41,43,48,53,55,58,61,63,70-71,75-76,79-80H,3-5,11-12,15,22-24,26,28-30,32,37-38H2,1-2H3/t48-,53-,55-,58-,61-,63-,69-/m1/s1. The number of Topliss-reactive ketones (excluding diaryl/α,β-unsaturated/α-hetero) is 2. The molecule has 2 aromatic heterocycles. The number of carbonyl (C=O) groups excluding carboxylic acids is 3. The zero-order chi connectivity index (χ0) is 57.4. The van der Waals surface area contributed by atoms with Crippen LogP contribution in [-0.2, 0) is 32.0 Å². The predicted molar refractivity (Wildman–Crippen MR) is 319 cm³/mol. The number of esters is 1. The van der Waals surface area contributed by atoms with Crippen molar-refractivity contribution in [2.45, 2.75) is 127 Å². The Bertz CT molecular complexity index is 3610. The fourth-order valence-electron chi connectivity index (χ4n) is 14.6. The van der Waals surface area contributed by atoms with Crippen molar-refractivity contribution in [3.8, 4) is 34.5 Å². The first-order valence-corrected chi connectivity index (χ1v) is 29.7. The minimum atomic E-state index is -0.770. The summed E-state index contributed by atoms with van der Waals surface area (Å²) in [6.45, 7) is 2.24. The maximum Gasteiger partial charge on any atom is 0.302 e. The number of ether oxygens (including phenoxy) is 3. The van der Waals surface area contributed by atoms with Crippen molar-refractivity contribution in [3.05, 3.63) is 185 Å². The number of fused-ring (bicyclic) bond motifs is 5. The molecule has 1 saturated carbocycles. The number of aromatic nitrogens is 2. The number of hydrogen-bond donors (Lipinski definition) is 6. The molecule has 6 N–H and O–H groups in total. The third kappa shape index (κ3) is 11.1. The normalized spacial score (nSPS) is 24.6. The Morgan fingerprint density at radius 2 is 1.69 bits per heavy atom. The van der Waals surface area contributed by atoms with Crippen molar-refractivity contribution in [1.82, 2.24) is 14.9 Å². The number of aromatic hydroxyl groups is 3. The van der Waals surface area contributed by atoms with Crippen LogP contribution in [0.5, 0.6) is 34.5 Å². The second-order valence-corrected chi connectivity index (χ2v) is 23.6. The van der Waals surface area contributed by atoms with Gasteiger partial charge in [0, 0.05) is 104 Å². The number of phenols is 3. The molecule has 4 aromatic carbocycles. The Labute approximate surface area is 484 Å². The first-order chi connectivity index (χ1) is 40.3. The number of aliphatic hydroxyl groups excluding tert-OH is 1. The van der Waals surface area contributed by atoms with Crippen LogP contribution in [0.4, 0.5) is 5.69 Å². The van der Waals surface area contributed by atoms with Gasteiger partial charge in [-0.2, -0.15) is 0 Å². The average molecular weight is 1120 g/mol. The molecule has 14 nitrogen and oxygen atoms in total. The quantitative estimate of drug-likeness (QED) is 0.0562. The van der Waals surface area contributed by atoms with Gasteiger partial charge in [-0.05, 0) is 139 Å². The van der Waals surface area contributed by atoms with Crippen LogP contribution in [0.2, 0.25) is 0 Å². The van der Waals surface area contributed by atoms with Gasteiger partial charge in [0.25, 0.3) is 0 Å². The first kappa shape index (κ1) is 55.3. The summed E-state index contributed by atoms with van der Waals surface area (Å²) in [6.07, 6.45) is 31.1. The van der Waals surface area contributed by atoms with Crippen molar-refractivity contribution in [2.75, 3.05) is 25.1 Å². The number of hydrogen-bond acceptors (Lipinski definition) is 12. The maximum atomic E-state index is 15.3. The summed E-state index contributed by atoms with van der Waals surface area (Å²) in [5.41, 5.74) is 6.85. The largest absolute Gasteiger partial charge is 0.508 e. The van der Waals surface area contributed by atoms with Crippen LogP contribution >= 0.6 is 0 Å². The lowest BCUT2D eigenvalue weighted by Crippen LogP contribution is -2.38. The van der Waals surface area contributed by atoms with Crippen molar-refractivity contribution < 1.29 is 49.0 Å². The predicted octanol–water partition coefficient (Wildman–Crippen LogP) is 13.0. The number of benzene rings is 4. The number of phenolic OH excluding ortho intramolecular Hbond substituents is 3. The number of carbonyl (C=O) groups is 3. The minimum Gasteiger partial charge on any atom is -0.508 e. The van der Waals surface area contributed by atoms with Gasteiger partial charge in [-0.1, -0.05) is 86.1 Å². The molecular weight excluding hydrogens is 1040 g/mol. The Hall–Kier alpha value is -8.23. The van der Waals surface area contributed by atoms with Gasteiger partial charge in [0.2, 0.25) is 5.75 Å². The van der Waals surface area contributed by atoms with Gasteiger partial charge in [0.15, 0.2) is 11.5 Å². The molecule has 4 bridgehead atoms. The number of aromatic amines is 1. The summed E-state index contributed by atoms with van der Waals surface area (Å²) in [5.74, 6) is 0.637. The highest BCUT2D eigenvalue weighted by Crippen LogP contribution is 2.56. The lowest BCUT2D eigenvalue weighted by molar-refractivity contribution is -0.148. The molecule has 1 spiro atoms. The molecule has 7 atom stereocenters. The third-order valence-electron chi connectivity index (χ3n) is 18.6. The number of ketones is 2. The Morgan fingerprint density at radius 1 is 0.855 bits per heavy atom. The number of dihydropyridines is 1. The zero-order valence-corrected chi connectivity index (χ0v) is 47.3. The van der Waals surface area contributed by atoms with E-state index in [1.807, 2.05) is 24.3 Å². The molecule has 6 aromatic rings. The highest BCUT2D eigenvalue weighted by Gasteiger charge is 2.46. The molecule has 14 heteroatoms. The SMILES string of the molecule is COc1cc([C@H]2CC(=O)C[C@H](OC(C)=O)CC[C@]34C=CC=C[C@@H]3CC=C[C@@H]4c3c[nH]cc3C[C@H](c3cccc(O)c3)C3=CCNC(=C3)N(CCC(=O)C3CCCCC3)c3ccc4c5c(n2cc35)CC[C@H]4O)cc(O)c1Oc1cccc(O)c1. The molecule has 6 aliphatic rings. The molecule has 2 aliphatic heterocycles. The number of nitrogens with one attached hydrogen (secondary N) is 2. The van der Waals surface area contributed by atoms with E-state index in [0.29, 0.717) is 57.2 Å². The van der Waals surface area contributed by atoms with E-state index in [0.717, 1.165) is 94.3 Å². The molecule has 4 aliphatic carbocycles. The van der Waals surface area contributed by atoms with Gasteiger partial charge in [0.1, 0.15) is 40.7 Å². The molecule has 4 heterocycles. The summed E-state index contributed by atoms with van der Waals surface area (Å²) in [6, 6.07) is 20.4. The van der Waals surface area contributed by atoms with Crippen LogP contribution in [-0.4, -0.2) is 73.8 Å². The van der Waals surface area contributed by atoms with Gasteiger partial charge in [-0.3, -0.25) is 14.4 Å². The minimum absolute atomic E-state index is 0.00392. The number of allylic oxidation sites excluding steroid dienone is 8. The number of aryl methyl sites for hydroxylation is 1. The number of aliphatic hydroxyl groups is 1. The van der Waals surface area contributed by atoms with Gasteiger partial charge in [-0.25, -0.2) is 0 Å². The highest BCUT2D eigenvalue weighted by atomic mass is 16.5. The highest BCUT2D eigenvalue weighted by molar-refractivity contribution is 6.00. The van der Waals surface area contributed by atoms with Gasteiger partial charge >= 0.3 is 5.97 Å². The fraction of sp³-hybridized carbons (Fsp3) is 0.377. The smallest absolute Gasteiger partial charge is 0.302 e. The number of H-pyrrole nitrogens is 1. The van der Waals surface area contributed by atoms with E-state index in [1.54, 1.807) is 30.3 Å². The molecule has 0 amide bonds. The molecule has 0 saturated heterocycles. The van der Waals surface area contributed by atoms with E-state index in [9.17, 15) is 30.0 Å². The van der Waals surface area contributed by atoms with Crippen LogP contribution in [0, 0.1) is 17.3 Å². The summed E-state index contributed by atoms with van der Waals surface area (Å²) >= 11 is 0. The number of nitrogens with zero attached hydrogens (tertiary/aromatic N) is 2. The van der Waals surface area contributed by atoms with E-state index < -0.39 is 29.6 Å². The third-order valence-corrected chi connectivity index (χ3v) is 18.6. The average Bonchev–Trinajstić information content (AvgIpc) is 3.51. The molecule has 0 radical (unpaired) electrons. The molecule has 1 fully saturated rings. The number of anilines is 1. The van der Waals surface area contributed by atoms with Crippen molar-refractivity contribution >= 4 is 34.0 Å². The van der Waals surface area contributed by atoms with Gasteiger partial charge in [-0.15, -0.1) is 0 Å². The van der Waals surface area contributed by atoms with Crippen LogP contribution in [0.25, 0.3) is 10.8 Å². The van der Waals surface area contributed by atoms with Gasteiger partial charge in [0.05, 0.1) is 24.9 Å². The van der Waals surface area contributed by atoms with Crippen LogP contribution < -0.4 is 19.7 Å². The van der Waals surface area contributed by atoms with Gasteiger partial charge < -0.3 is 54.4 Å². The van der Waals surface area contributed by atoms with E-state index >= 15 is 4.79 Å². The number of rotatable bonds is 10. The van der Waals surface area contributed by atoms with Crippen molar-refractivity contribution in [2.24, 2.45) is 17.3 Å². The molecule has 0 unspecified atom stereocenters. The molecule has 83 heavy (non-hydrogen) atoms. The van der Waals surface area contributed by atoms with E-state index in [-0.39, 0.29) is 82.6 Å². The summed E-state index contributed by atoms with van der Waals surface area (Å²) < 4.78 is 20.4. The fourth-order valence-corrected chi connectivity index (χ4v) is 14.6. The van der Waals surface area contributed by atoms with Crippen molar-refractivity contribution in [3.63, 3.8) is 0 Å². The Balaban J connectivity index is 1.06. The molecular formula is C69H74N4O10. The summed E-state index contributed by atoms with van der Waals surface area (Å²) in [4.78, 5) is 48.6. The first-order valence-electron chi connectivity index (χ1n) is 29.7. The monoisotopic (exact) mass is 1120 g/mol.